The number of carbonyl (C=O) groups is 1. The molecule has 0 saturated heterocycles. The Balaban J connectivity index is 0.00000225. The molecule has 0 bridgehead atoms. The van der Waals surface area contributed by atoms with Crippen molar-refractivity contribution in [3.05, 3.63) is 48.0 Å². The summed E-state index contributed by atoms with van der Waals surface area (Å²) in [6.07, 6.45) is 9.23. The van der Waals surface area contributed by atoms with Crippen LogP contribution in [0.15, 0.2) is 36.9 Å². The van der Waals surface area contributed by atoms with E-state index in [-0.39, 0.29) is 24.4 Å². The molecule has 1 atom stereocenters. The Bertz CT molecular complexity index is 655. The van der Waals surface area contributed by atoms with Crippen LogP contribution >= 0.6 is 12.4 Å². The normalized spacial score (nSPS) is 16.0. The molecule has 1 heterocycles. The summed E-state index contributed by atoms with van der Waals surface area (Å²) in [5.41, 5.74) is 7.55. The van der Waals surface area contributed by atoms with E-state index in [0.717, 1.165) is 18.4 Å². The molecule has 6 nitrogen and oxygen atoms in total. The minimum atomic E-state index is -0.0493. The molecule has 0 aliphatic heterocycles. The van der Waals surface area contributed by atoms with Crippen molar-refractivity contribution in [2.45, 2.75) is 44.7 Å². The third kappa shape index (κ3) is 5.03. The van der Waals surface area contributed by atoms with Crippen LogP contribution in [-0.4, -0.2) is 33.3 Å². The lowest BCUT2D eigenvalue weighted by Gasteiger charge is -2.30. The van der Waals surface area contributed by atoms with Crippen molar-refractivity contribution >= 4 is 18.3 Å². The van der Waals surface area contributed by atoms with Crippen molar-refractivity contribution in [2.24, 2.45) is 11.7 Å². The first kappa shape index (κ1) is 19.4. The summed E-state index contributed by atoms with van der Waals surface area (Å²) in [6, 6.07) is 7.69. The molecule has 1 amide bonds. The Labute approximate surface area is 154 Å². The van der Waals surface area contributed by atoms with E-state index in [1.165, 1.54) is 25.6 Å². The van der Waals surface area contributed by atoms with Crippen molar-refractivity contribution in [3.8, 4) is 0 Å². The van der Waals surface area contributed by atoms with Crippen molar-refractivity contribution in [1.29, 1.82) is 0 Å². The number of amides is 1. The van der Waals surface area contributed by atoms with Gasteiger partial charge in [-0.05, 0) is 30.4 Å². The average molecular weight is 364 g/mol. The third-order valence-electron chi connectivity index (χ3n) is 4.85. The molecule has 25 heavy (non-hydrogen) atoms. The van der Waals surface area contributed by atoms with Gasteiger partial charge >= 0.3 is 0 Å². The van der Waals surface area contributed by atoms with Crippen molar-refractivity contribution < 1.29 is 4.79 Å². The summed E-state index contributed by atoms with van der Waals surface area (Å²) in [7, 11) is 0. The summed E-state index contributed by atoms with van der Waals surface area (Å²) < 4.78 is 1.72. The molecular formula is C18H26ClN5O. The van der Waals surface area contributed by atoms with Crippen molar-refractivity contribution in [1.82, 2.24) is 20.1 Å². The van der Waals surface area contributed by atoms with Gasteiger partial charge in [0.05, 0.1) is 6.54 Å². The van der Waals surface area contributed by atoms with E-state index in [1.54, 1.807) is 11.0 Å². The number of benzene rings is 1. The van der Waals surface area contributed by atoms with Crippen LogP contribution in [-0.2, 0) is 6.54 Å². The largest absolute Gasteiger partial charge is 0.348 e. The van der Waals surface area contributed by atoms with E-state index in [1.807, 2.05) is 24.3 Å². The molecule has 7 heteroatoms. The Morgan fingerprint density at radius 2 is 2.04 bits per heavy atom. The number of halogens is 1. The molecular weight excluding hydrogens is 338 g/mol. The minimum absolute atomic E-state index is 0. The Hall–Kier alpha value is -1.92. The smallest absolute Gasteiger partial charge is 0.251 e. The zero-order valence-corrected chi connectivity index (χ0v) is 15.1. The number of hydrogen-bond donors (Lipinski definition) is 2. The first-order valence-electron chi connectivity index (χ1n) is 8.69. The Morgan fingerprint density at radius 3 is 2.72 bits per heavy atom. The quantitative estimate of drug-likeness (QED) is 0.825. The number of rotatable bonds is 6. The van der Waals surface area contributed by atoms with Crippen LogP contribution in [0, 0.1) is 5.92 Å². The van der Waals surface area contributed by atoms with Crippen LogP contribution in [0.2, 0.25) is 0 Å². The Morgan fingerprint density at radius 1 is 1.28 bits per heavy atom. The first-order valence-corrected chi connectivity index (χ1v) is 8.69. The lowest BCUT2D eigenvalue weighted by atomic mass is 9.83. The number of carbonyl (C=O) groups excluding carboxylic acids is 1. The number of nitrogens with zero attached hydrogens (tertiary/aromatic N) is 3. The zero-order valence-electron chi connectivity index (χ0n) is 14.3. The van der Waals surface area contributed by atoms with Crippen LogP contribution < -0.4 is 11.1 Å². The fraction of sp³-hybridized carbons (Fsp3) is 0.500. The standard InChI is InChI=1S/C18H25N5O.ClH/c19-10-17(14-6-2-1-3-7-14)22-18(24)16-9-5-4-8-15(16)11-23-13-20-12-21-23;/h4-5,8-9,12-14,17H,1-3,6-7,10-11,19H2,(H,22,24);1H. The molecule has 0 radical (unpaired) electrons. The van der Waals surface area contributed by atoms with Gasteiger partial charge in [0, 0.05) is 18.2 Å². The van der Waals surface area contributed by atoms with Crippen LogP contribution in [0.1, 0.15) is 48.0 Å². The molecule has 2 aromatic rings. The lowest BCUT2D eigenvalue weighted by molar-refractivity contribution is 0.0914. The highest BCUT2D eigenvalue weighted by atomic mass is 35.5. The molecule has 1 aliphatic rings. The van der Waals surface area contributed by atoms with E-state index in [2.05, 4.69) is 15.4 Å². The van der Waals surface area contributed by atoms with Crippen LogP contribution in [0.4, 0.5) is 0 Å². The van der Waals surface area contributed by atoms with Gasteiger partial charge < -0.3 is 11.1 Å². The summed E-state index contributed by atoms with van der Waals surface area (Å²) in [5, 5.41) is 7.28. The zero-order chi connectivity index (χ0) is 16.8. The number of nitrogens with two attached hydrogens (primary N) is 1. The Kier molecular flexibility index (Phi) is 7.40. The third-order valence-corrected chi connectivity index (χ3v) is 4.85. The van der Waals surface area contributed by atoms with Crippen LogP contribution in [0.25, 0.3) is 0 Å². The maximum Gasteiger partial charge on any atom is 0.251 e. The summed E-state index contributed by atoms with van der Waals surface area (Å²) in [5.74, 6) is 0.446. The lowest BCUT2D eigenvalue weighted by Crippen LogP contribution is -2.46. The molecule has 136 valence electrons. The fourth-order valence-electron chi connectivity index (χ4n) is 3.52. The first-order chi connectivity index (χ1) is 11.8. The van der Waals surface area contributed by atoms with Gasteiger partial charge in [-0.15, -0.1) is 12.4 Å². The summed E-state index contributed by atoms with van der Waals surface area (Å²) in [4.78, 5) is 16.7. The maximum atomic E-state index is 12.8. The topological polar surface area (TPSA) is 85.8 Å². The predicted octanol–water partition coefficient (Wildman–Crippen LogP) is 2.39. The molecule has 1 aromatic carbocycles. The number of aromatic nitrogens is 3. The van der Waals surface area contributed by atoms with Gasteiger partial charge in [0.25, 0.3) is 5.91 Å². The van der Waals surface area contributed by atoms with Crippen molar-refractivity contribution in [3.63, 3.8) is 0 Å². The fourth-order valence-corrected chi connectivity index (χ4v) is 3.52. The van der Waals surface area contributed by atoms with Gasteiger partial charge in [0.1, 0.15) is 12.7 Å². The van der Waals surface area contributed by atoms with Crippen LogP contribution in [0.3, 0.4) is 0 Å². The highest BCUT2D eigenvalue weighted by Gasteiger charge is 2.25. The van der Waals surface area contributed by atoms with E-state index in [0.29, 0.717) is 24.6 Å². The molecule has 3 N–H and O–H groups in total. The predicted molar refractivity (Wildman–Crippen MR) is 99.7 cm³/mol. The molecule has 1 unspecified atom stereocenters. The van der Waals surface area contributed by atoms with E-state index >= 15 is 0 Å². The van der Waals surface area contributed by atoms with Gasteiger partial charge in [-0.2, -0.15) is 5.10 Å². The monoisotopic (exact) mass is 363 g/mol. The molecule has 1 fully saturated rings. The second-order valence-electron chi connectivity index (χ2n) is 6.46. The SMILES string of the molecule is Cl.NCC(NC(=O)c1ccccc1Cn1cncn1)C1CCCCC1. The summed E-state index contributed by atoms with van der Waals surface area (Å²) >= 11 is 0. The van der Waals surface area contributed by atoms with Crippen molar-refractivity contribution in [2.75, 3.05) is 6.54 Å². The van der Waals surface area contributed by atoms with Gasteiger partial charge in [0.2, 0.25) is 0 Å². The molecule has 1 aromatic heterocycles. The highest BCUT2D eigenvalue weighted by Crippen LogP contribution is 2.26. The van der Waals surface area contributed by atoms with Gasteiger partial charge in [0.15, 0.2) is 0 Å². The molecule has 1 saturated carbocycles. The van der Waals surface area contributed by atoms with E-state index in [9.17, 15) is 4.79 Å². The van der Waals surface area contributed by atoms with Gasteiger partial charge in [-0.3, -0.25) is 4.79 Å². The van der Waals surface area contributed by atoms with Crippen LogP contribution in [0.5, 0.6) is 0 Å². The molecule has 0 spiro atoms. The highest BCUT2D eigenvalue weighted by molar-refractivity contribution is 5.95. The second kappa shape index (κ2) is 9.53. The van der Waals surface area contributed by atoms with Gasteiger partial charge in [-0.1, -0.05) is 37.5 Å². The average Bonchev–Trinajstić information content (AvgIpc) is 3.14. The number of hydrogen-bond acceptors (Lipinski definition) is 4. The second-order valence-corrected chi connectivity index (χ2v) is 6.46. The molecule has 1 aliphatic carbocycles. The van der Waals surface area contributed by atoms with Gasteiger partial charge in [-0.25, -0.2) is 9.67 Å². The summed E-state index contributed by atoms with van der Waals surface area (Å²) in [6.45, 7) is 1.02. The minimum Gasteiger partial charge on any atom is -0.348 e. The number of nitrogens with one attached hydrogen (secondary N) is 1. The molecule has 3 rings (SSSR count). The van der Waals surface area contributed by atoms with E-state index in [4.69, 9.17) is 5.73 Å². The maximum absolute atomic E-state index is 12.8. The van der Waals surface area contributed by atoms with E-state index < -0.39 is 0 Å².